The van der Waals surface area contributed by atoms with Gasteiger partial charge in [-0.15, -0.1) is 0 Å². The number of piperazine rings is 1. The Bertz CT molecular complexity index is 198. The predicted molar refractivity (Wildman–Crippen MR) is 63.5 cm³/mol. The van der Waals surface area contributed by atoms with Crippen LogP contribution in [0, 0.1) is 0 Å². The SMILES string of the molecule is S=C1SSC(=S)N2CCN1CC2. The maximum absolute atomic E-state index is 5.24. The van der Waals surface area contributed by atoms with E-state index in [1.165, 1.54) is 0 Å². The molecule has 0 aromatic rings. The molecule has 6 heteroatoms. The Balaban J connectivity index is 2.15. The van der Waals surface area contributed by atoms with Crippen molar-refractivity contribution in [2.45, 2.75) is 0 Å². The molecule has 3 rings (SSSR count). The molecule has 0 atom stereocenters. The fraction of sp³-hybridized carbons (Fsp3) is 0.667. The average molecular weight is 236 g/mol. The summed E-state index contributed by atoms with van der Waals surface area (Å²) in [5.41, 5.74) is 0. The number of fused-ring (bicyclic) bond motifs is 5. The molecule has 3 fully saturated rings. The van der Waals surface area contributed by atoms with Crippen molar-refractivity contribution < 1.29 is 0 Å². The Hall–Kier alpha value is 0.480. The lowest BCUT2D eigenvalue weighted by Crippen LogP contribution is -2.49. The topological polar surface area (TPSA) is 6.48 Å². The number of hydrogen-bond donors (Lipinski definition) is 0. The Morgan fingerprint density at radius 2 is 1.17 bits per heavy atom. The van der Waals surface area contributed by atoms with E-state index in [1.54, 1.807) is 21.6 Å². The maximum Gasteiger partial charge on any atom is 0.147 e. The van der Waals surface area contributed by atoms with Gasteiger partial charge in [-0.25, -0.2) is 0 Å². The standard InChI is InChI=1S/C6H8N2S4/c9-5-7-1-2-8(4-3-7)6(10)12-11-5/h1-4H2. The fourth-order valence-corrected chi connectivity index (χ4v) is 4.00. The minimum atomic E-state index is 0.988. The Labute approximate surface area is 90.4 Å². The molecule has 0 aliphatic carbocycles. The van der Waals surface area contributed by atoms with Crippen molar-refractivity contribution in [1.29, 1.82) is 0 Å². The number of nitrogens with zero attached hydrogens (tertiary/aromatic N) is 2. The van der Waals surface area contributed by atoms with E-state index in [-0.39, 0.29) is 0 Å². The van der Waals surface area contributed by atoms with Crippen molar-refractivity contribution in [3.05, 3.63) is 0 Å². The number of hydrogen-bond acceptors (Lipinski definition) is 4. The van der Waals surface area contributed by atoms with Gasteiger partial charge in [-0.1, -0.05) is 24.4 Å². The largest absolute Gasteiger partial charge is 0.353 e. The molecule has 12 heavy (non-hydrogen) atoms. The summed E-state index contributed by atoms with van der Waals surface area (Å²) in [5, 5.41) is 0. The van der Waals surface area contributed by atoms with Crippen LogP contribution in [0.25, 0.3) is 0 Å². The third-order valence-corrected chi connectivity index (χ3v) is 5.71. The summed E-state index contributed by atoms with van der Waals surface area (Å²) in [5.74, 6) is 0. The molecule has 2 nitrogen and oxygen atoms in total. The van der Waals surface area contributed by atoms with Crippen LogP contribution in [0.4, 0.5) is 0 Å². The van der Waals surface area contributed by atoms with Crippen molar-refractivity contribution in [1.82, 2.24) is 9.80 Å². The van der Waals surface area contributed by atoms with Gasteiger partial charge in [-0.05, 0) is 21.6 Å². The van der Waals surface area contributed by atoms with E-state index in [1.807, 2.05) is 0 Å². The van der Waals surface area contributed by atoms with E-state index in [2.05, 4.69) is 9.80 Å². The van der Waals surface area contributed by atoms with Gasteiger partial charge in [0.2, 0.25) is 0 Å². The van der Waals surface area contributed by atoms with Crippen LogP contribution in [0.2, 0.25) is 0 Å². The Morgan fingerprint density at radius 3 is 1.50 bits per heavy atom. The van der Waals surface area contributed by atoms with Crippen LogP contribution in [0.3, 0.4) is 0 Å². The van der Waals surface area contributed by atoms with Crippen LogP contribution in [-0.2, 0) is 0 Å². The van der Waals surface area contributed by atoms with Crippen LogP contribution in [-0.4, -0.2) is 44.6 Å². The molecular formula is C6H8N2S4. The maximum atomic E-state index is 5.24. The first-order valence-electron chi connectivity index (χ1n) is 3.70. The average Bonchev–Trinajstić information content (AvgIpc) is 2.12. The number of thiocarbonyl (C=S) groups is 2. The molecule has 0 unspecified atom stereocenters. The highest BCUT2D eigenvalue weighted by molar-refractivity contribution is 8.89. The summed E-state index contributed by atoms with van der Waals surface area (Å²) in [4.78, 5) is 4.51. The quantitative estimate of drug-likeness (QED) is 0.462. The smallest absolute Gasteiger partial charge is 0.147 e. The van der Waals surface area contributed by atoms with Gasteiger partial charge in [-0.3, -0.25) is 0 Å². The second kappa shape index (κ2) is 3.69. The van der Waals surface area contributed by atoms with Gasteiger partial charge in [0.1, 0.15) is 8.64 Å². The van der Waals surface area contributed by atoms with Crippen molar-refractivity contribution in [3.63, 3.8) is 0 Å². The molecule has 3 aliphatic rings. The van der Waals surface area contributed by atoms with Crippen molar-refractivity contribution in [2.75, 3.05) is 26.2 Å². The summed E-state index contributed by atoms with van der Waals surface area (Å²) in [6, 6.07) is 0. The highest BCUT2D eigenvalue weighted by Crippen LogP contribution is 2.31. The summed E-state index contributed by atoms with van der Waals surface area (Å²) >= 11 is 10.5. The van der Waals surface area contributed by atoms with E-state index in [9.17, 15) is 0 Å². The molecule has 2 bridgehead atoms. The number of rotatable bonds is 0. The van der Waals surface area contributed by atoms with Gasteiger partial charge in [-0.2, -0.15) is 0 Å². The van der Waals surface area contributed by atoms with E-state index in [0.717, 1.165) is 34.8 Å². The second-order valence-corrected chi connectivity index (χ2v) is 6.07. The first kappa shape index (κ1) is 9.05. The summed E-state index contributed by atoms with van der Waals surface area (Å²) in [6.07, 6.45) is 0. The zero-order chi connectivity index (χ0) is 8.55. The zero-order valence-corrected chi connectivity index (χ0v) is 9.62. The van der Waals surface area contributed by atoms with Crippen LogP contribution in [0.15, 0.2) is 0 Å². The van der Waals surface area contributed by atoms with E-state index < -0.39 is 0 Å². The lowest BCUT2D eigenvalue weighted by Gasteiger charge is -2.39. The van der Waals surface area contributed by atoms with E-state index >= 15 is 0 Å². The van der Waals surface area contributed by atoms with Gasteiger partial charge in [0.05, 0.1) is 0 Å². The first-order chi connectivity index (χ1) is 5.77. The summed E-state index contributed by atoms with van der Waals surface area (Å²) in [7, 11) is 3.23. The first-order valence-corrected chi connectivity index (χ1v) is 6.66. The molecule has 3 saturated heterocycles. The van der Waals surface area contributed by atoms with Gasteiger partial charge in [0, 0.05) is 26.2 Å². The van der Waals surface area contributed by atoms with Crippen LogP contribution >= 0.6 is 46.0 Å². The Kier molecular flexibility index (Phi) is 2.78. The molecular weight excluding hydrogens is 228 g/mol. The third kappa shape index (κ3) is 1.71. The summed E-state index contributed by atoms with van der Waals surface area (Å²) < 4.78 is 1.98. The molecule has 0 aromatic carbocycles. The third-order valence-electron chi connectivity index (χ3n) is 1.98. The van der Waals surface area contributed by atoms with Gasteiger partial charge >= 0.3 is 0 Å². The van der Waals surface area contributed by atoms with E-state index in [4.69, 9.17) is 24.4 Å². The Morgan fingerprint density at radius 1 is 0.833 bits per heavy atom. The predicted octanol–water partition coefficient (Wildman–Crippen LogP) is 1.57. The van der Waals surface area contributed by atoms with E-state index in [0.29, 0.717) is 0 Å². The fourth-order valence-electron chi connectivity index (χ4n) is 1.25. The van der Waals surface area contributed by atoms with Crippen LogP contribution in [0.1, 0.15) is 0 Å². The molecule has 0 N–H and O–H groups in total. The molecule has 0 aromatic heterocycles. The van der Waals surface area contributed by atoms with Crippen LogP contribution < -0.4 is 0 Å². The lowest BCUT2D eigenvalue weighted by molar-refractivity contribution is 0.270. The molecule has 0 saturated carbocycles. The minimum Gasteiger partial charge on any atom is -0.353 e. The highest BCUT2D eigenvalue weighted by Gasteiger charge is 2.25. The van der Waals surface area contributed by atoms with Crippen molar-refractivity contribution in [2.24, 2.45) is 0 Å². The zero-order valence-electron chi connectivity index (χ0n) is 6.36. The minimum absolute atomic E-state index is 0.988. The molecule has 3 heterocycles. The molecule has 0 radical (unpaired) electrons. The summed E-state index contributed by atoms with van der Waals surface area (Å²) in [6.45, 7) is 4.14. The van der Waals surface area contributed by atoms with Gasteiger partial charge < -0.3 is 9.80 Å². The molecule has 3 aliphatic heterocycles. The monoisotopic (exact) mass is 236 g/mol. The van der Waals surface area contributed by atoms with Gasteiger partial charge in [0.15, 0.2) is 0 Å². The lowest BCUT2D eigenvalue weighted by atomic mass is 10.4. The second-order valence-electron chi connectivity index (χ2n) is 2.67. The van der Waals surface area contributed by atoms with Gasteiger partial charge in [0.25, 0.3) is 0 Å². The molecule has 0 spiro atoms. The van der Waals surface area contributed by atoms with Crippen molar-refractivity contribution in [3.8, 4) is 0 Å². The van der Waals surface area contributed by atoms with Crippen LogP contribution in [0.5, 0.6) is 0 Å². The van der Waals surface area contributed by atoms with Crippen molar-refractivity contribution >= 4 is 54.7 Å². The normalized spacial score (nSPS) is 24.3. The molecule has 0 amide bonds. The molecule has 66 valence electrons. The highest BCUT2D eigenvalue weighted by atomic mass is 33.1.